The van der Waals surface area contributed by atoms with Crippen LogP contribution in [0.1, 0.15) is 41.0 Å². The first-order valence-corrected chi connectivity index (χ1v) is 7.91. The number of esters is 2. The molecule has 7 nitrogen and oxygen atoms in total. The fourth-order valence-electron chi connectivity index (χ4n) is 3.00. The molecule has 0 amide bonds. The largest absolute Gasteiger partial charge is 0.468 e. The molecule has 0 aromatic carbocycles. The van der Waals surface area contributed by atoms with Crippen LogP contribution in [-0.4, -0.2) is 55.2 Å². The van der Waals surface area contributed by atoms with Gasteiger partial charge >= 0.3 is 11.9 Å². The maximum atomic E-state index is 12.5. The van der Waals surface area contributed by atoms with Gasteiger partial charge in [0.05, 0.1) is 19.6 Å². The van der Waals surface area contributed by atoms with E-state index in [-0.39, 0.29) is 24.1 Å². The highest BCUT2D eigenvalue weighted by atomic mass is 16.7. The van der Waals surface area contributed by atoms with Crippen molar-refractivity contribution in [2.75, 3.05) is 13.7 Å². The smallest absolute Gasteiger partial charge is 0.322 e. The summed E-state index contributed by atoms with van der Waals surface area (Å²) in [5.74, 6) is -1.91. The predicted molar refractivity (Wildman–Crippen MR) is 81.6 cm³/mol. The van der Waals surface area contributed by atoms with E-state index in [1.54, 1.807) is 0 Å². The van der Waals surface area contributed by atoms with Gasteiger partial charge in [-0.2, -0.15) is 0 Å². The van der Waals surface area contributed by atoms with E-state index < -0.39 is 23.3 Å². The summed E-state index contributed by atoms with van der Waals surface area (Å²) >= 11 is 0. The van der Waals surface area contributed by atoms with E-state index in [2.05, 4.69) is 5.32 Å². The standard InChI is InChI=1S/C16H27NO6/c1-15(2,3)23-13(18)9-7-10(14(19)20-6)17-12(9)11-8-21-16(4,5)22-11/h9-12,17H,7-8H2,1-6H3/t9-,10+,11-,12-/m1/s1. The average Bonchev–Trinajstić information content (AvgIpc) is 2.99. The van der Waals surface area contributed by atoms with Crippen molar-refractivity contribution in [3.8, 4) is 0 Å². The average molecular weight is 329 g/mol. The summed E-state index contributed by atoms with van der Waals surface area (Å²) in [6.45, 7) is 9.46. The summed E-state index contributed by atoms with van der Waals surface area (Å²) in [5.41, 5.74) is -0.586. The monoisotopic (exact) mass is 329 g/mol. The quantitative estimate of drug-likeness (QED) is 0.773. The summed E-state index contributed by atoms with van der Waals surface area (Å²) in [5, 5.41) is 3.16. The van der Waals surface area contributed by atoms with Crippen LogP contribution < -0.4 is 5.32 Å². The Labute approximate surface area is 137 Å². The lowest BCUT2D eigenvalue weighted by Crippen LogP contribution is -2.47. The minimum absolute atomic E-state index is 0.322. The Hall–Kier alpha value is -1.18. The van der Waals surface area contributed by atoms with Gasteiger partial charge in [-0.3, -0.25) is 14.9 Å². The maximum absolute atomic E-state index is 12.5. The zero-order valence-electron chi connectivity index (χ0n) is 14.7. The molecule has 2 fully saturated rings. The molecule has 0 bridgehead atoms. The van der Waals surface area contributed by atoms with Crippen LogP contribution in [0.15, 0.2) is 0 Å². The number of hydrogen-bond acceptors (Lipinski definition) is 7. The lowest BCUT2D eigenvalue weighted by molar-refractivity contribution is -0.164. The highest BCUT2D eigenvalue weighted by Gasteiger charge is 2.50. The number of methoxy groups -OCH3 is 1. The lowest BCUT2D eigenvalue weighted by atomic mass is 9.95. The van der Waals surface area contributed by atoms with Crippen molar-refractivity contribution < 1.29 is 28.5 Å². The third kappa shape index (κ3) is 4.43. The Morgan fingerprint density at radius 3 is 2.35 bits per heavy atom. The second-order valence-corrected chi connectivity index (χ2v) is 7.51. The molecule has 0 aliphatic carbocycles. The molecule has 2 aliphatic rings. The van der Waals surface area contributed by atoms with E-state index in [1.165, 1.54) is 7.11 Å². The number of nitrogens with one attached hydrogen (secondary N) is 1. The van der Waals surface area contributed by atoms with Crippen LogP contribution in [0.4, 0.5) is 0 Å². The second kappa shape index (κ2) is 6.37. The molecule has 1 N–H and O–H groups in total. The summed E-state index contributed by atoms with van der Waals surface area (Å²) < 4.78 is 21.7. The van der Waals surface area contributed by atoms with Crippen molar-refractivity contribution in [1.29, 1.82) is 0 Å². The van der Waals surface area contributed by atoms with Gasteiger partial charge in [0.1, 0.15) is 17.7 Å². The highest BCUT2D eigenvalue weighted by Crippen LogP contribution is 2.33. The minimum Gasteiger partial charge on any atom is -0.468 e. The normalized spacial score (nSPS) is 33.5. The van der Waals surface area contributed by atoms with E-state index in [1.807, 2.05) is 34.6 Å². The number of carbonyl (C=O) groups is 2. The molecule has 0 unspecified atom stereocenters. The van der Waals surface area contributed by atoms with E-state index in [0.717, 1.165) is 0 Å². The van der Waals surface area contributed by atoms with Crippen molar-refractivity contribution in [2.24, 2.45) is 5.92 Å². The molecule has 0 spiro atoms. The van der Waals surface area contributed by atoms with Gasteiger partial charge in [-0.05, 0) is 41.0 Å². The van der Waals surface area contributed by atoms with Gasteiger partial charge in [0.15, 0.2) is 5.79 Å². The van der Waals surface area contributed by atoms with Crippen LogP contribution in [0.2, 0.25) is 0 Å². The SMILES string of the molecule is COC(=O)[C@@H]1C[C@@H](C(=O)OC(C)(C)C)[C@H]([C@H]2COC(C)(C)O2)N1. The third-order valence-corrected chi connectivity index (χ3v) is 3.94. The summed E-state index contributed by atoms with van der Waals surface area (Å²) in [6, 6.07) is -0.898. The van der Waals surface area contributed by atoms with Gasteiger partial charge in [0.25, 0.3) is 0 Å². The molecule has 0 radical (unpaired) electrons. The fourth-order valence-corrected chi connectivity index (χ4v) is 3.00. The topological polar surface area (TPSA) is 83.1 Å². The number of rotatable bonds is 3. The molecule has 2 aliphatic heterocycles. The predicted octanol–water partition coefficient (Wildman–Crippen LogP) is 0.999. The molecule has 0 aromatic rings. The van der Waals surface area contributed by atoms with Crippen LogP contribution in [0.5, 0.6) is 0 Å². The van der Waals surface area contributed by atoms with Crippen molar-refractivity contribution in [2.45, 2.75) is 70.6 Å². The van der Waals surface area contributed by atoms with Crippen LogP contribution in [0.3, 0.4) is 0 Å². The van der Waals surface area contributed by atoms with Gasteiger partial charge in [-0.25, -0.2) is 0 Å². The maximum Gasteiger partial charge on any atom is 0.322 e. The van der Waals surface area contributed by atoms with E-state index in [4.69, 9.17) is 18.9 Å². The Morgan fingerprint density at radius 2 is 1.87 bits per heavy atom. The number of carbonyl (C=O) groups excluding carboxylic acids is 2. The van der Waals surface area contributed by atoms with Gasteiger partial charge in [0.2, 0.25) is 0 Å². The molecule has 2 heterocycles. The van der Waals surface area contributed by atoms with E-state index in [9.17, 15) is 9.59 Å². The van der Waals surface area contributed by atoms with Crippen LogP contribution in [-0.2, 0) is 28.5 Å². The first-order valence-electron chi connectivity index (χ1n) is 7.91. The highest BCUT2D eigenvalue weighted by molar-refractivity contribution is 5.80. The molecule has 4 atom stereocenters. The molecule has 7 heteroatoms. The van der Waals surface area contributed by atoms with Crippen LogP contribution in [0.25, 0.3) is 0 Å². The second-order valence-electron chi connectivity index (χ2n) is 7.51. The van der Waals surface area contributed by atoms with Crippen molar-refractivity contribution in [3.05, 3.63) is 0 Å². The summed E-state index contributed by atoms with van der Waals surface area (Å²) in [6.07, 6.45) is 0.00387. The van der Waals surface area contributed by atoms with E-state index in [0.29, 0.717) is 13.0 Å². The zero-order chi connectivity index (χ0) is 17.4. The minimum atomic E-state index is -0.700. The fraction of sp³-hybridized carbons (Fsp3) is 0.875. The van der Waals surface area contributed by atoms with E-state index >= 15 is 0 Å². The van der Waals surface area contributed by atoms with Gasteiger partial charge < -0.3 is 18.9 Å². The van der Waals surface area contributed by atoms with Crippen molar-refractivity contribution in [1.82, 2.24) is 5.32 Å². The molecule has 2 rings (SSSR count). The molecule has 23 heavy (non-hydrogen) atoms. The Balaban J connectivity index is 2.15. The van der Waals surface area contributed by atoms with Crippen molar-refractivity contribution in [3.63, 3.8) is 0 Å². The summed E-state index contributed by atoms with van der Waals surface area (Å²) in [7, 11) is 1.33. The molecular weight excluding hydrogens is 302 g/mol. The Morgan fingerprint density at radius 1 is 1.22 bits per heavy atom. The van der Waals surface area contributed by atoms with Crippen molar-refractivity contribution >= 4 is 11.9 Å². The Bertz CT molecular complexity index is 470. The summed E-state index contributed by atoms with van der Waals surface area (Å²) in [4.78, 5) is 24.4. The lowest BCUT2D eigenvalue weighted by Gasteiger charge is -2.27. The first kappa shape index (κ1) is 18.2. The molecule has 2 saturated heterocycles. The number of hydrogen-bond donors (Lipinski definition) is 1. The number of ether oxygens (including phenoxy) is 4. The Kier molecular flexibility index (Phi) is 5.03. The van der Waals surface area contributed by atoms with Gasteiger partial charge in [0, 0.05) is 6.04 Å². The molecule has 0 saturated carbocycles. The zero-order valence-corrected chi connectivity index (χ0v) is 14.7. The first-order chi connectivity index (χ1) is 10.5. The van der Waals surface area contributed by atoms with Crippen LogP contribution >= 0.6 is 0 Å². The third-order valence-electron chi connectivity index (χ3n) is 3.94. The molecule has 0 aromatic heterocycles. The van der Waals surface area contributed by atoms with Gasteiger partial charge in [-0.15, -0.1) is 0 Å². The van der Waals surface area contributed by atoms with Gasteiger partial charge in [-0.1, -0.05) is 0 Å². The van der Waals surface area contributed by atoms with Crippen LogP contribution in [0, 0.1) is 5.92 Å². The molecular formula is C16H27NO6. The molecule has 132 valence electrons.